The van der Waals surface area contributed by atoms with Crippen molar-refractivity contribution >= 4 is 46.7 Å². The van der Waals surface area contributed by atoms with Crippen molar-refractivity contribution in [2.45, 2.75) is 28.3 Å². The summed E-state index contributed by atoms with van der Waals surface area (Å²) < 4.78 is 59.8. The van der Waals surface area contributed by atoms with Crippen LogP contribution in [0.25, 0.3) is 0 Å². The van der Waals surface area contributed by atoms with E-state index in [2.05, 4.69) is 4.74 Å². The lowest BCUT2D eigenvalue weighted by molar-refractivity contribution is -0.215. The van der Waals surface area contributed by atoms with Gasteiger partial charge in [0, 0.05) is 11.6 Å². The Bertz CT molecular complexity index is 989. The number of aliphatic hydroxyl groups is 1. The molecule has 5 nitrogen and oxygen atoms in total. The molecule has 0 unspecified atom stereocenters. The van der Waals surface area contributed by atoms with Crippen LogP contribution in [0.5, 0.6) is 0 Å². The molecule has 0 aliphatic heterocycles. The minimum atomic E-state index is -4.79. The number of carbonyl (C=O) groups excluding carboxylic acids is 2. The molecule has 0 spiro atoms. The number of benzene rings is 2. The summed E-state index contributed by atoms with van der Waals surface area (Å²) in [6.07, 6.45) is 0. The van der Waals surface area contributed by atoms with Crippen molar-refractivity contribution in [2.24, 2.45) is 0 Å². The molecule has 2 N–H and O–H groups in total. The Hall–Kier alpha value is -2.07. The first kappa shape index (κ1) is 26.2. The molecule has 0 heterocycles. The fourth-order valence-electron chi connectivity index (χ4n) is 2.71. The molecule has 2 aromatic rings. The summed E-state index contributed by atoms with van der Waals surface area (Å²) >= 11 is 15.9. The molecule has 0 aliphatic carbocycles. The second kappa shape index (κ2) is 9.82. The molecule has 0 radical (unpaired) electrons. The van der Waals surface area contributed by atoms with Crippen LogP contribution >= 0.6 is 34.8 Å². The van der Waals surface area contributed by atoms with Crippen molar-refractivity contribution in [3.8, 4) is 0 Å². The Balaban J connectivity index is 2.44. The molecular formula is C20H16Cl3F4NO4. The fraction of sp³-hybridized carbons (Fsp3) is 0.300. The first-order chi connectivity index (χ1) is 14.7. The van der Waals surface area contributed by atoms with Crippen LogP contribution in [0.2, 0.25) is 0 Å². The average Bonchev–Trinajstić information content (AvgIpc) is 2.71. The number of nitrogens with one attached hydrogen (secondary N) is 1. The largest absolute Gasteiger partial charge is 0.459 e. The first-order valence-electron chi connectivity index (χ1n) is 8.85. The Morgan fingerprint density at radius 1 is 1.09 bits per heavy atom. The van der Waals surface area contributed by atoms with Gasteiger partial charge in [0.05, 0.1) is 6.04 Å². The zero-order valence-corrected chi connectivity index (χ0v) is 18.5. The molecule has 0 saturated carbocycles. The lowest BCUT2D eigenvalue weighted by Crippen LogP contribution is -2.58. The highest BCUT2D eigenvalue weighted by atomic mass is 35.6. The number of rotatable bonds is 7. The maximum atomic E-state index is 15.2. The third-order valence-corrected chi connectivity index (χ3v) is 4.93. The lowest BCUT2D eigenvalue weighted by Gasteiger charge is -2.35. The van der Waals surface area contributed by atoms with Crippen LogP contribution < -0.4 is 5.32 Å². The van der Waals surface area contributed by atoms with Gasteiger partial charge in [0.25, 0.3) is 9.70 Å². The van der Waals surface area contributed by atoms with Crippen molar-refractivity contribution in [2.75, 3.05) is 6.61 Å². The SMILES string of the molecule is C[C@@H](NC(=O)C(F)(F)[C@@](O)(COC(=O)C(Cl)(Cl)Cl)c1ccc(F)cc1F)c1ccccc1. The smallest absolute Gasteiger partial charge is 0.360 e. The normalized spacial score (nSPS) is 14.9. The Kier molecular flexibility index (Phi) is 8.04. The second-order valence-corrected chi connectivity index (χ2v) is 9.02. The van der Waals surface area contributed by atoms with E-state index in [1.54, 1.807) is 30.3 Å². The number of alkyl halides is 5. The topological polar surface area (TPSA) is 75.6 Å². The van der Waals surface area contributed by atoms with E-state index in [0.717, 1.165) is 0 Å². The summed E-state index contributed by atoms with van der Waals surface area (Å²) in [6.45, 7) is -0.299. The average molecular weight is 517 g/mol. The molecule has 12 heteroatoms. The van der Waals surface area contributed by atoms with Gasteiger partial charge in [-0.05, 0) is 24.6 Å². The minimum Gasteiger partial charge on any atom is -0.459 e. The molecule has 0 bridgehead atoms. The lowest BCUT2D eigenvalue weighted by atomic mass is 9.86. The van der Waals surface area contributed by atoms with E-state index in [0.29, 0.717) is 17.7 Å². The number of hydrogen-bond acceptors (Lipinski definition) is 4. The molecule has 32 heavy (non-hydrogen) atoms. The fourth-order valence-corrected chi connectivity index (χ4v) is 2.88. The molecular weight excluding hydrogens is 501 g/mol. The highest BCUT2D eigenvalue weighted by Crippen LogP contribution is 2.41. The van der Waals surface area contributed by atoms with Crippen molar-refractivity contribution in [3.63, 3.8) is 0 Å². The molecule has 0 aromatic heterocycles. The van der Waals surface area contributed by atoms with Crippen LogP contribution in [-0.4, -0.2) is 33.3 Å². The monoisotopic (exact) mass is 515 g/mol. The molecule has 2 aromatic carbocycles. The molecule has 2 atom stereocenters. The summed E-state index contributed by atoms with van der Waals surface area (Å²) in [5, 5.41) is 12.8. The van der Waals surface area contributed by atoms with Gasteiger partial charge in [-0.1, -0.05) is 65.1 Å². The van der Waals surface area contributed by atoms with Crippen LogP contribution in [0.15, 0.2) is 48.5 Å². The number of esters is 1. The van der Waals surface area contributed by atoms with Gasteiger partial charge in [-0.15, -0.1) is 0 Å². The zero-order valence-electron chi connectivity index (χ0n) is 16.2. The maximum absolute atomic E-state index is 15.2. The standard InChI is InChI=1S/C20H16Cl3F4NO4/c1-11(12-5-3-2-4-6-12)28-16(29)19(26,27)18(31,10-32-17(30)20(21,22)23)14-8-7-13(24)9-15(14)25/h2-9,11,31H,10H2,1H3,(H,28,29)/t11-,18-/m1/s1. The second-order valence-electron chi connectivity index (χ2n) is 6.74. The van der Waals surface area contributed by atoms with Crippen molar-refractivity contribution in [3.05, 3.63) is 71.3 Å². The van der Waals surface area contributed by atoms with Gasteiger partial charge in [-0.3, -0.25) is 4.79 Å². The third-order valence-electron chi connectivity index (χ3n) is 4.47. The van der Waals surface area contributed by atoms with E-state index in [1.165, 1.54) is 6.92 Å². The zero-order chi connectivity index (χ0) is 24.3. The maximum Gasteiger partial charge on any atom is 0.360 e. The van der Waals surface area contributed by atoms with Crippen LogP contribution in [0.1, 0.15) is 24.1 Å². The van der Waals surface area contributed by atoms with E-state index in [4.69, 9.17) is 34.8 Å². The van der Waals surface area contributed by atoms with Crippen molar-refractivity contribution in [1.82, 2.24) is 5.32 Å². The van der Waals surface area contributed by atoms with Gasteiger partial charge >= 0.3 is 11.9 Å². The number of carbonyl (C=O) groups is 2. The van der Waals surface area contributed by atoms with Gasteiger partial charge < -0.3 is 15.2 Å². The Morgan fingerprint density at radius 3 is 2.22 bits per heavy atom. The number of amides is 1. The van der Waals surface area contributed by atoms with E-state index in [1.807, 2.05) is 5.32 Å². The van der Waals surface area contributed by atoms with Gasteiger partial charge in [0.15, 0.2) is 5.60 Å². The summed E-state index contributed by atoms with van der Waals surface area (Å²) in [4.78, 5) is 24.2. The molecule has 0 fully saturated rings. The first-order valence-corrected chi connectivity index (χ1v) is 9.99. The number of ether oxygens (including phenoxy) is 1. The summed E-state index contributed by atoms with van der Waals surface area (Å²) in [7, 11) is 0. The van der Waals surface area contributed by atoms with Gasteiger partial charge in [-0.2, -0.15) is 8.78 Å². The van der Waals surface area contributed by atoms with E-state index in [-0.39, 0.29) is 6.07 Å². The number of halogens is 7. The van der Waals surface area contributed by atoms with Crippen LogP contribution in [-0.2, 0) is 19.9 Å². The summed E-state index contributed by atoms with van der Waals surface area (Å²) in [6, 6.07) is 8.30. The summed E-state index contributed by atoms with van der Waals surface area (Å²) in [5.41, 5.74) is -4.55. The van der Waals surface area contributed by atoms with Gasteiger partial charge in [0.1, 0.15) is 18.2 Å². The third kappa shape index (κ3) is 5.64. The molecule has 1 amide bonds. The van der Waals surface area contributed by atoms with Crippen LogP contribution in [0.3, 0.4) is 0 Å². The van der Waals surface area contributed by atoms with E-state index in [9.17, 15) is 23.5 Å². The quantitative estimate of drug-likeness (QED) is 0.321. The van der Waals surface area contributed by atoms with Crippen molar-refractivity contribution in [1.29, 1.82) is 0 Å². The van der Waals surface area contributed by atoms with Crippen molar-refractivity contribution < 1.29 is 37.0 Å². The predicted molar refractivity (Wildman–Crippen MR) is 109 cm³/mol. The van der Waals surface area contributed by atoms with E-state index < -0.39 is 57.0 Å². The minimum absolute atomic E-state index is 0.206. The molecule has 0 aliphatic rings. The highest BCUT2D eigenvalue weighted by Gasteiger charge is 2.62. The van der Waals surface area contributed by atoms with Crippen LogP contribution in [0.4, 0.5) is 17.6 Å². The highest BCUT2D eigenvalue weighted by molar-refractivity contribution is 6.75. The van der Waals surface area contributed by atoms with E-state index >= 15 is 8.78 Å². The predicted octanol–water partition coefficient (Wildman–Crippen LogP) is 4.58. The number of hydrogen-bond donors (Lipinski definition) is 2. The Morgan fingerprint density at radius 2 is 1.69 bits per heavy atom. The van der Waals surface area contributed by atoms with Gasteiger partial charge in [-0.25, -0.2) is 13.6 Å². The van der Waals surface area contributed by atoms with Gasteiger partial charge in [0.2, 0.25) is 0 Å². The molecule has 0 saturated heterocycles. The Labute approximate surface area is 195 Å². The summed E-state index contributed by atoms with van der Waals surface area (Å²) in [5.74, 6) is -11.2. The van der Waals surface area contributed by atoms with Crippen LogP contribution in [0, 0.1) is 11.6 Å². The molecule has 174 valence electrons. The molecule has 2 rings (SSSR count).